The molecule has 1 N–H and O–H groups in total. The molecule has 5 heteroatoms. The molecule has 0 radical (unpaired) electrons. The normalized spacial score (nSPS) is 18.1. The number of Topliss-reactive ketones (excluding diaryl/α,β-unsaturated/α-hetero) is 1. The van der Waals surface area contributed by atoms with Gasteiger partial charge in [0, 0.05) is 30.9 Å². The number of rotatable bonds is 7. The Labute approximate surface area is 160 Å². The molecule has 2 aromatic rings. The highest BCUT2D eigenvalue weighted by Gasteiger charge is 2.31. The minimum Gasteiger partial charge on any atom is -0.511 e. The van der Waals surface area contributed by atoms with E-state index in [0.29, 0.717) is 37.2 Å². The molecule has 3 rings (SSSR count). The molecular weight excluding hydrogens is 340 g/mol. The Morgan fingerprint density at radius 1 is 1.22 bits per heavy atom. The molecule has 1 aromatic carbocycles. The maximum Gasteiger partial charge on any atom is 0.168 e. The van der Waals surface area contributed by atoms with Crippen molar-refractivity contribution in [3.8, 4) is 5.69 Å². The number of allylic oxidation sites excluding steroid dienone is 2. The van der Waals surface area contributed by atoms with Gasteiger partial charge in [0.2, 0.25) is 0 Å². The molecule has 0 bridgehead atoms. The summed E-state index contributed by atoms with van der Waals surface area (Å²) in [6.07, 6.45) is 6.28. The summed E-state index contributed by atoms with van der Waals surface area (Å²) in [6, 6.07) is 12.1. The van der Waals surface area contributed by atoms with Crippen molar-refractivity contribution < 1.29 is 14.7 Å². The quantitative estimate of drug-likeness (QED) is 0.558. The van der Waals surface area contributed by atoms with Gasteiger partial charge in [0.15, 0.2) is 5.78 Å². The van der Waals surface area contributed by atoms with Crippen LogP contribution in [0.1, 0.15) is 51.0 Å². The number of ketones is 1. The van der Waals surface area contributed by atoms with Crippen LogP contribution in [0.5, 0.6) is 0 Å². The number of carbonyl (C=O) groups is 1. The molecule has 1 aliphatic carbocycles. The summed E-state index contributed by atoms with van der Waals surface area (Å²) in [5.74, 6) is 0.0277. The second kappa shape index (κ2) is 8.71. The summed E-state index contributed by atoms with van der Waals surface area (Å²) < 4.78 is 2.04. The zero-order valence-electron chi connectivity index (χ0n) is 15.9. The number of aromatic nitrogens is 1. The van der Waals surface area contributed by atoms with E-state index in [-0.39, 0.29) is 17.5 Å². The van der Waals surface area contributed by atoms with Crippen LogP contribution in [0.25, 0.3) is 5.69 Å². The predicted molar refractivity (Wildman–Crippen MR) is 106 cm³/mol. The summed E-state index contributed by atoms with van der Waals surface area (Å²) in [7, 11) is 0. The van der Waals surface area contributed by atoms with E-state index in [1.807, 2.05) is 67.2 Å². The van der Waals surface area contributed by atoms with E-state index in [4.69, 9.17) is 4.84 Å². The highest BCUT2D eigenvalue weighted by molar-refractivity contribution is 6.23. The van der Waals surface area contributed by atoms with Crippen molar-refractivity contribution in [2.24, 2.45) is 5.16 Å². The van der Waals surface area contributed by atoms with Crippen LogP contribution in [0.15, 0.2) is 65.3 Å². The van der Waals surface area contributed by atoms with E-state index in [0.717, 1.165) is 17.7 Å². The molecular formula is C22H26N2O3. The lowest BCUT2D eigenvalue weighted by Gasteiger charge is -2.23. The van der Waals surface area contributed by atoms with Gasteiger partial charge in [-0.1, -0.05) is 36.7 Å². The molecule has 0 spiro atoms. The molecule has 1 aliphatic rings. The summed E-state index contributed by atoms with van der Waals surface area (Å²) in [6.45, 7) is 4.30. The lowest BCUT2D eigenvalue weighted by Crippen LogP contribution is -2.24. The van der Waals surface area contributed by atoms with Gasteiger partial charge in [0.05, 0.1) is 11.3 Å². The fraction of sp³-hybridized carbons (Fsp3) is 0.364. The molecule has 0 saturated carbocycles. The van der Waals surface area contributed by atoms with Crippen molar-refractivity contribution in [3.05, 3.63) is 65.7 Å². The summed E-state index contributed by atoms with van der Waals surface area (Å²) in [5, 5.41) is 14.7. The van der Waals surface area contributed by atoms with Gasteiger partial charge in [-0.25, -0.2) is 0 Å². The molecule has 1 unspecified atom stereocenters. The first kappa shape index (κ1) is 19.0. The van der Waals surface area contributed by atoms with Crippen LogP contribution in [0, 0.1) is 0 Å². The standard InChI is InChI=1S/C22H26N2O3/c1-3-8-19(23-27-4-2)22-20(25)13-17(14-21(22)26)16-11-12-24(15-16)18-9-6-5-7-10-18/h5-7,9-12,15,17,25H,3-4,8,13-14H2,1-2H3/b23-19+. The Hall–Kier alpha value is -2.82. The molecule has 1 aromatic heterocycles. The first-order valence-electron chi connectivity index (χ1n) is 9.51. The number of hydrogen-bond donors (Lipinski definition) is 1. The minimum absolute atomic E-state index is 0.0267. The van der Waals surface area contributed by atoms with Gasteiger partial charge in [0.1, 0.15) is 12.4 Å². The SMILES string of the molecule is CCC/C(=N\OCC)C1=C(O)CC(c2ccn(-c3ccccc3)c2)CC1=O. The van der Waals surface area contributed by atoms with Gasteiger partial charge in [-0.2, -0.15) is 0 Å². The van der Waals surface area contributed by atoms with E-state index in [9.17, 15) is 9.90 Å². The van der Waals surface area contributed by atoms with Gasteiger partial charge >= 0.3 is 0 Å². The van der Waals surface area contributed by atoms with E-state index < -0.39 is 0 Å². The smallest absolute Gasteiger partial charge is 0.168 e. The third kappa shape index (κ3) is 4.30. The highest BCUT2D eigenvalue weighted by atomic mass is 16.6. The Morgan fingerprint density at radius 3 is 2.67 bits per heavy atom. The van der Waals surface area contributed by atoms with Gasteiger partial charge in [0.25, 0.3) is 0 Å². The van der Waals surface area contributed by atoms with Crippen LogP contribution in [0.3, 0.4) is 0 Å². The molecule has 142 valence electrons. The van der Waals surface area contributed by atoms with Crippen LogP contribution in [0.2, 0.25) is 0 Å². The molecule has 0 aliphatic heterocycles. The van der Waals surface area contributed by atoms with Crippen molar-refractivity contribution in [1.82, 2.24) is 4.57 Å². The van der Waals surface area contributed by atoms with Gasteiger partial charge in [-0.3, -0.25) is 4.79 Å². The van der Waals surface area contributed by atoms with E-state index in [2.05, 4.69) is 5.16 Å². The van der Waals surface area contributed by atoms with Gasteiger partial charge in [-0.15, -0.1) is 0 Å². The second-order valence-electron chi connectivity index (χ2n) is 6.74. The first-order chi connectivity index (χ1) is 13.1. The largest absolute Gasteiger partial charge is 0.511 e. The Bertz CT molecular complexity index is 849. The third-order valence-electron chi connectivity index (χ3n) is 4.76. The van der Waals surface area contributed by atoms with Gasteiger partial charge in [-0.05, 0) is 43.0 Å². The first-order valence-corrected chi connectivity index (χ1v) is 9.51. The number of benzene rings is 1. The molecule has 0 amide bonds. The van der Waals surface area contributed by atoms with Crippen molar-refractivity contribution in [3.63, 3.8) is 0 Å². The third-order valence-corrected chi connectivity index (χ3v) is 4.76. The van der Waals surface area contributed by atoms with Crippen molar-refractivity contribution in [1.29, 1.82) is 0 Å². The number of oxime groups is 1. The molecule has 27 heavy (non-hydrogen) atoms. The lowest BCUT2D eigenvalue weighted by molar-refractivity contribution is -0.116. The van der Waals surface area contributed by atoms with Gasteiger partial charge < -0.3 is 14.5 Å². The number of carbonyl (C=O) groups excluding carboxylic acids is 1. The molecule has 0 fully saturated rings. The average molecular weight is 366 g/mol. The lowest BCUT2D eigenvalue weighted by atomic mass is 9.81. The van der Waals surface area contributed by atoms with Crippen LogP contribution in [0.4, 0.5) is 0 Å². The summed E-state index contributed by atoms with van der Waals surface area (Å²) >= 11 is 0. The van der Waals surface area contributed by atoms with E-state index in [1.54, 1.807) is 0 Å². The van der Waals surface area contributed by atoms with Crippen LogP contribution < -0.4 is 0 Å². The van der Waals surface area contributed by atoms with E-state index in [1.165, 1.54) is 0 Å². The number of aliphatic hydroxyl groups excluding tert-OH is 1. The van der Waals surface area contributed by atoms with Crippen molar-refractivity contribution in [2.75, 3.05) is 6.61 Å². The topological polar surface area (TPSA) is 63.8 Å². The second-order valence-corrected chi connectivity index (χ2v) is 6.74. The Kier molecular flexibility index (Phi) is 6.12. The number of para-hydroxylation sites is 1. The fourth-order valence-electron chi connectivity index (χ4n) is 3.47. The molecule has 5 nitrogen and oxygen atoms in total. The Morgan fingerprint density at radius 2 is 2.00 bits per heavy atom. The van der Waals surface area contributed by atoms with Crippen LogP contribution >= 0.6 is 0 Å². The van der Waals surface area contributed by atoms with E-state index >= 15 is 0 Å². The molecule has 0 saturated heterocycles. The summed E-state index contributed by atoms with van der Waals surface area (Å²) in [4.78, 5) is 17.9. The maximum absolute atomic E-state index is 12.8. The number of hydrogen-bond acceptors (Lipinski definition) is 4. The monoisotopic (exact) mass is 366 g/mol. The van der Waals surface area contributed by atoms with Crippen molar-refractivity contribution in [2.45, 2.75) is 45.4 Å². The summed E-state index contributed by atoms with van der Waals surface area (Å²) in [5.41, 5.74) is 3.03. The predicted octanol–water partition coefficient (Wildman–Crippen LogP) is 4.93. The van der Waals surface area contributed by atoms with Crippen LogP contribution in [-0.2, 0) is 9.63 Å². The zero-order valence-corrected chi connectivity index (χ0v) is 15.9. The Balaban J connectivity index is 1.83. The van der Waals surface area contributed by atoms with Crippen molar-refractivity contribution >= 4 is 11.5 Å². The number of nitrogens with zero attached hydrogens (tertiary/aromatic N) is 2. The minimum atomic E-state index is -0.0666. The molecule has 1 heterocycles. The number of aliphatic hydroxyl groups is 1. The fourth-order valence-corrected chi connectivity index (χ4v) is 3.47. The highest BCUT2D eigenvalue weighted by Crippen LogP contribution is 2.35. The zero-order chi connectivity index (χ0) is 19.2. The molecule has 1 atom stereocenters. The van der Waals surface area contributed by atoms with Crippen LogP contribution in [-0.4, -0.2) is 27.8 Å². The maximum atomic E-state index is 12.8. The average Bonchev–Trinajstić information content (AvgIpc) is 3.16.